The van der Waals surface area contributed by atoms with Crippen molar-refractivity contribution in [2.45, 2.75) is 20.4 Å². The maximum atomic E-state index is 12.6. The van der Waals surface area contributed by atoms with Crippen LogP contribution in [-0.4, -0.2) is 22.4 Å². The molecule has 4 heteroatoms. The number of carbonyl (C=O) groups excluding carboxylic acids is 1. The summed E-state index contributed by atoms with van der Waals surface area (Å²) in [5.74, 6) is -0.239. The van der Waals surface area contributed by atoms with Crippen LogP contribution in [0.15, 0.2) is 41.2 Å². The van der Waals surface area contributed by atoms with Gasteiger partial charge in [0.05, 0.1) is 0 Å². The van der Waals surface area contributed by atoms with Gasteiger partial charge in [0.1, 0.15) is 5.56 Å². The topological polar surface area (TPSA) is 42.3 Å². The Bertz CT molecular complexity index is 718. The second kappa shape index (κ2) is 5.95. The van der Waals surface area contributed by atoms with Gasteiger partial charge in [-0.3, -0.25) is 9.59 Å². The van der Waals surface area contributed by atoms with Crippen LogP contribution in [0, 0.1) is 13.8 Å². The van der Waals surface area contributed by atoms with E-state index in [0.717, 1.165) is 16.8 Å². The maximum absolute atomic E-state index is 12.6. The summed E-state index contributed by atoms with van der Waals surface area (Å²) in [5, 5.41) is 0. The predicted molar refractivity (Wildman–Crippen MR) is 83.4 cm³/mol. The number of carbonyl (C=O) groups is 1. The molecule has 0 unspecified atom stereocenters. The van der Waals surface area contributed by atoms with Gasteiger partial charge in [-0.1, -0.05) is 30.3 Å². The quantitative estimate of drug-likeness (QED) is 0.867. The Morgan fingerprint density at radius 3 is 2.43 bits per heavy atom. The van der Waals surface area contributed by atoms with Gasteiger partial charge in [-0.05, 0) is 31.0 Å². The van der Waals surface area contributed by atoms with Gasteiger partial charge in [-0.25, -0.2) is 0 Å². The van der Waals surface area contributed by atoms with Gasteiger partial charge in [0.15, 0.2) is 0 Å². The standard InChI is InChI=1S/C17H20N2O2/c1-12-10-13(2)19(4)17(21)15(12)16(20)18(3)11-14-8-6-5-7-9-14/h5-10H,11H2,1-4H3. The van der Waals surface area contributed by atoms with Crippen LogP contribution in [0.5, 0.6) is 0 Å². The van der Waals surface area contributed by atoms with Crippen molar-refractivity contribution in [2.75, 3.05) is 7.05 Å². The van der Waals surface area contributed by atoms with Gasteiger partial charge in [0.2, 0.25) is 0 Å². The number of pyridine rings is 1. The normalized spacial score (nSPS) is 10.5. The van der Waals surface area contributed by atoms with Gasteiger partial charge in [0.25, 0.3) is 11.5 Å². The zero-order valence-electron chi connectivity index (χ0n) is 12.9. The molecule has 2 aromatic rings. The Labute approximate surface area is 124 Å². The third kappa shape index (κ3) is 3.05. The highest BCUT2D eigenvalue weighted by Gasteiger charge is 2.19. The van der Waals surface area contributed by atoms with Crippen molar-refractivity contribution >= 4 is 5.91 Å². The SMILES string of the molecule is Cc1cc(C)n(C)c(=O)c1C(=O)N(C)Cc1ccccc1. The first-order valence-electron chi connectivity index (χ1n) is 6.88. The Morgan fingerprint density at radius 2 is 1.81 bits per heavy atom. The molecule has 0 saturated heterocycles. The number of aromatic nitrogens is 1. The number of nitrogens with zero attached hydrogens (tertiary/aromatic N) is 2. The third-order valence-electron chi connectivity index (χ3n) is 3.69. The van der Waals surface area contributed by atoms with E-state index in [1.54, 1.807) is 25.9 Å². The number of hydrogen-bond acceptors (Lipinski definition) is 2. The Balaban J connectivity index is 2.32. The first kappa shape index (κ1) is 15.0. The summed E-state index contributed by atoms with van der Waals surface area (Å²) in [4.78, 5) is 26.5. The minimum Gasteiger partial charge on any atom is -0.337 e. The van der Waals surface area contributed by atoms with Crippen molar-refractivity contribution in [3.05, 3.63) is 69.1 Å². The second-order valence-corrected chi connectivity index (χ2v) is 5.35. The highest BCUT2D eigenvalue weighted by atomic mass is 16.2. The van der Waals surface area contributed by atoms with E-state index in [1.165, 1.54) is 4.57 Å². The molecule has 4 nitrogen and oxygen atoms in total. The largest absolute Gasteiger partial charge is 0.337 e. The number of benzene rings is 1. The van der Waals surface area contributed by atoms with Crippen LogP contribution < -0.4 is 5.56 Å². The van der Waals surface area contributed by atoms with Crippen LogP contribution in [0.2, 0.25) is 0 Å². The third-order valence-corrected chi connectivity index (χ3v) is 3.69. The molecule has 1 heterocycles. The van der Waals surface area contributed by atoms with Gasteiger partial charge >= 0.3 is 0 Å². The van der Waals surface area contributed by atoms with E-state index in [4.69, 9.17) is 0 Å². The molecule has 0 spiro atoms. The van der Waals surface area contributed by atoms with Crippen LogP contribution >= 0.6 is 0 Å². The van der Waals surface area contributed by atoms with E-state index in [9.17, 15) is 9.59 Å². The summed E-state index contributed by atoms with van der Waals surface area (Å²) in [6.07, 6.45) is 0. The minimum atomic E-state index is -0.239. The molecule has 1 aromatic carbocycles. The molecule has 0 saturated carbocycles. The molecule has 0 aliphatic carbocycles. The highest BCUT2D eigenvalue weighted by Crippen LogP contribution is 2.10. The molecule has 0 N–H and O–H groups in total. The van der Waals surface area contributed by atoms with E-state index in [0.29, 0.717) is 6.54 Å². The number of aryl methyl sites for hydroxylation is 2. The van der Waals surface area contributed by atoms with E-state index >= 15 is 0 Å². The Morgan fingerprint density at radius 1 is 1.19 bits per heavy atom. The van der Waals surface area contributed by atoms with Crippen molar-refractivity contribution in [1.29, 1.82) is 0 Å². The lowest BCUT2D eigenvalue weighted by atomic mass is 10.1. The molecule has 0 atom stereocenters. The zero-order valence-corrected chi connectivity index (χ0v) is 12.9. The highest BCUT2D eigenvalue weighted by molar-refractivity contribution is 5.95. The maximum Gasteiger partial charge on any atom is 0.263 e. The molecule has 1 aromatic heterocycles. The molecule has 110 valence electrons. The van der Waals surface area contributed by atoms with E-state index in [2.05, 4.69) is 0 Å². The van der Waals surface area contributed by atoms with Crippen molar-refractivity contribution in [3.8, 4) is 0 Å². The van der Waals surface area contributed by atoms with Crippen molar-refractivity contribution in [2.24, 2.45) is 7.05 Å². The molecule has 0 bridgehead atoms. The minimum absolute atomic E-state index is 0.239. The van der Waals surface area contributed by atoms with Gasteiger partial charge < -0.3 is 9.47 Å². The molecule has 2 rings (SSSR count). The average molecular weight is 284 g/mol. The van der Waals surface area contributed by atoms with Gasteiger partial charge in [-0.15, -0.1) is 0 Å². The summed E-state index contributed by atoms with van der Waals surface area (Å²) < 4.78 is 1.51. The molecular formula is C17H20N2O2. The lowest BCUT2D eigenvalue weighted by Gasteiger charge is -2.19. The van der Waals surface area contributed by atoms with Crippen LogP contribution in [0.3, 0.4) is 0 Å². The smallest absolute Gasteiger partial charge is 0.263 e. The lowest BCUT2D eigenvalue weighted by Crippen LogP contribution is -2.35. The van der Waals surface area contributed by atoms with Crippen molar-refractivity contribution in [1.82, 2.24) is 9.47 Å². The number of amides is 1. The first-order valence-corrected chi connectivity index (χ1v) is 6.88. The fourth-order valence-corrected chi connectivity index (χ4v) is 2.36. The fourth-order valence-electron chi connectivity index (χ4n) is 2.36. The van der Waals surface area contributed by atoms with Crippen LogP contribution in [-0.2, 0) is 13.6 Å². The van der Waals surface area contributed by atoms with E-state index in [1.807, 2.05) is 43.3 Å². The van der Waals surface area contributed by atoms with Gasteiger partial charge in [-0.2, -0.15) is 0 Å². The molecule has 0 radical (unpaired) electrons. The van der Waals surface area contributed by atoms with E-state index in [-0.39, 0.29) is 17.0 Å². The summed E-state index contributed by atoms with van der Waals surface area (Å²) in [7, 11) is 3.40. The number of hydrogen-bond donors (Lipinski definition) is 0. The Hall–Kier alpha value is -2.36. The Kier molecular flexibility index (Phi) is 4.26. The molecule has 0 aliphatic heterocycles. The zero-order chi connectivity index (χ0) is 15.6. The van der Waals surface area contributed by atoms with Crippen LogP contribution in [0.1, 0.15) is 27.2 Å². The predicted octanol–water partition coefficient (Wildman–Crippen LogP) is 2.27. The fraction of sp³-hybridized carbons (Fsp3) is 0.294. The summed E-state index contributed by atoms with van der Waals surface area (Å²) in [6, 6.07) is 11.6. The monoisotopic (exact) mass is 284 g/mol. The van der Waals surface area contributed by atoms with Crippen molar-refractivity contribution in [3.63, 3.8) is 0 Å². The average Bonchev–Trinajstić information content (AvgIpc) is 2.45. The molecule has 0 aliphatic rings. The van der Waals surface area contributed by atoms with Gasteiger partial charge in [0, 0.05) is 26.3 Å². The molecular weight excluding hydrogens is 264 g/mol. The molecule has 1 amide bonds. The van der Waals surface area contributed by atoms with Crippen LogP contribution in [0.4, 0.5) is 0 Å². The molecule has 0 fully saturated rings. The summed E-state index contributed by atoms with van der Waals surface area (Å²) in [6.45, 7) is 4.14. The van der Waals surface area contributed by atoms with Crippen molar-refractivity contribution < 1.29 is 4.79 Å². The summed E-state index contributed by atoms with van der Waals surface area (Å²) >= 11 is 0. The summed E-state index contributed by atoms with van der Waals surface area (Å²) in [5.41, 5.74) is 2.62. The first-order chi connectivity index (χ1) is 9.91. The second-order valence-electron chi connectivity index (χ2n) is 5.35. The van der Waals surface area contributed by atoms with Crippen LogP contribution in [0.25, 0.3) is 0 Å². The lowest BCUT2D eigenvalue weighted by molar-refractivity contribution is 0.0782. The molecule has 21 heavy (non-hydrogen) atoms. The number of rotatable bonds is 3. The van der Waals surface area contributed by atoms with E-state index < -0.39 is 0 Å².